The van der Waals surface area contributed by atoms with Gasteiger partial charge in [0, 0.05) is 16.5 Å². The van der Waals surface area contributed by atoms with Gasteiger partial charge in [-0.2, -0.15) is 5.26 Å². The highest BCUT2D eigenvalue weighted by Gasteiger charge is 2.50. The molecule has 0 saturated heterocycles. The number of H-pyrrole nitrogens is 2. The number of aliphatic hydroxyl groups is 1. The summed E-state index contributed by atoms with van der Waals surface area (Å²) in [4.78, 5) is 29.2. The molecule has 0 aliphatic carbocycles. The molecule has 1 aliphatic rings. The first-order chi connectivity index (χ1) is 13.4. The maximum absolute atomic E-state index is 12.6. The van der Waals surface area contributed by atoms with Crippen LogP contribution in [0.3, 0.4) is 0 Å². The molecule has 1 aliphatic heterocycles. The molecule has 7 nitrogen and oxygen atoms in total. The largest absolute Gasteiger partial charge is 0.366 e. The zero-order chi connectivity index (χ0) is 19.9. The summed E-state index contributed by atoms with van der Waals surface area (Å²) in [6, 6.07) is 17.4. The number of halogens is 1. The van der Waals surface area contributed by atoms with E-state index in [1.54, 1.807) is 54.6 Å². The number of aromatic nitrogens is 2. The smallest absolute Gasteiger partial charge is 0.327 e. The summed E-state index contributed by atoms with van der Waals surface area (Å²) in [5.41, 5.74) is -1.94. The van der Waals surface area contributed by atoms with E-state index < -0.39 is 28.8 Å². The summed E-state index contributed by atoms with van der Waals surface area (Å²) in [5, 5.41) is 24.8. The minimum atomic E-state index is -1.83. The minimum Gasteiger partial charge on any atom is -0.366 e. The number of anilines is 1. The maximum Gasteiger partial charge on any atom is 0.327 e. The monoisotopic (exact) mass is 394 g/mol. The quantitative estimate of drug-likeness (QED) is 0.531. The average molecular weight is 395 g/mol. The van der Waals surface area contributed by atoms with E-state index in [9.17, 15) is 20.0 Å². The van der Waals surface area contributed by atoms with Crippen LogP contribution < -0.4 is 16.6 Å². The summed E-state index contributed by atoms with van der Waals surface area (Å²) in [7, 11) is 0. The molecule has 0 radical (unpaired) electrons. The zero-order valence-electron chi connectivity index (χ0n) is 14.4. The van der Waals surface area contributed by atoms with E-state index in [2.05, 4.69) is 21.4 Å². The summed E-state index contributed by atoms with van der Waals surface area (Å²) < 4.78 is 0. The van der Waals surface area contributed by atoms with Crippen LogP contribution in [0.5, 0.6) is 0 Å². The van der Waals surface area contributed by atoms with Gasteiger partial charge in [-0.1, -0.05) is 54.1 Å². The van der Waals surface area contributed by atoms with Gasteiger partial charge in [-0.05, 0) is 17.7 Å². The third kappa shape index (κ3) is 2.80. The summed E-state index contributed by atoms with van der Waals surface area (Å²) in [6.07, 6.45) is 0. The van der Waals surface area contributed by atoms with Crippen molar-refractivity contribution < 1.29 is 5.11 Å². The molecule has 28 heavy (non-hydrogen) atoms. The van der Waals surface area contributed by atoms with Crippen molar-refractivity contribution in [3.8, 4) is 6.07 Å². The fourth-order valence-corrected chi connectivity index (χ4v) is 3.83. The zero-order valence-corrected chi connectivity index (χ0v) is 15.2. The summed E-state index contributed by atoms with van der Waals surface area (Å²) in [5.74, 6) is -1.79. The standard InChI is InChI=1S/C20H15ClN4O3/c21-13-8-6-11(7-9-13)15-14(10-22)20(28,12-4-2-1-3-5-12)25-17-16(15)18(26)24-19(27)23-17/h1-9,14-15,28H,(H3,23,24,25,26,27). The molecule has 1 aromatic heterocycles. The number of benzene rings is 2. The normalized spacial score (nSPS) is 23.3. The molecule has 0 saturated carbocycles. The molecule has 4 N–H and O–H groups in total. The second-order valence-electron chi connectivity index (χ2n) is 6.59. The fourth-order valence-electron chi connectivity index (χ4n) is 3.71. The van der Waals surface area contributed by atoms with Crippen LogP contribution >= 0.6 is 11.6 Å². The van der Waals surface area contributed by atoms with Gasteiger partial charge >= 0.3 is 5.69 Å². The minimum absolute atomic E-state index is 0.0755. The second kappa shape index (κ2) is 6.68. The van der Waals surface area contributed by atoms with Gasteiger partial charge in [0.1, 0.15) is 11.7 Å². The predicted molar refractivity (Wildman–Crippen MR) is 104 cm³/mol. The van der Waals surface area contributed by atoms with Crippen LogP contribution in [0.25, 0.3) is 0 Å². The van der Waals surface area contributed by atoms with E-state index in [0.717, 1.165) is 0 Å². The molecule has 2 aromatic carbocycles. The van der Waals surface area contributed by atoms with Crippen molar-refractivity contribution in [3.63, 3.8) is 0 Å². The molecule has 8 heteroatoms. The van der Waals surface area contributed by atoms with E-state index in [0.29, 0.717) is 16.1 Å². The lowest BCUT2D eigenvalue weighted by molar-refractivity contribution is 0.0143. The third-order valence-corrected chi connectivity index (χ3v) is 5.22. The van der Waals surface area contributed by atoms with Gasteiger partial charge < -0.3 is 10.4 Å². The molecular formula is C20H15ClN4O3. The Bertz CT molecular complexity index is 1180. The van der Waals surface area contributed by atoms with Crippen molar-refractivity contribution in [1.82, 2.24) is 9.97 Å². The van der Waals surface area contributed by atoms with Gasteiger partial charge in [-0.25, -0.2) is 4.79 Å². The Kier molecular flexibility index (Phi) is 4.30. The first-order valence-electron chi connectivity index (χ1n) is 8.51. The highest BCUT2D eigenvalue weighted by atomic mass is 35.5. The molecule has 4 rings (SSSR count). The molecule has 3 aromatic rings. The van der Waals surface area contributed by atoms with Crippen molar-refractivity contribution >= 4 is 17.4 Å². The predicted octanol–water partition coefficient (Wildman–Crippen LogP) is 2.26. The van der Waals surface area contributed by atoms with Gasteiger partial charge in [-0.15, -0.1) is 0 Å². The molecule has 0 fully saturated rings. The molecule has 140 valence electrons. The van der Waals surface area contributed by atoms with Gasteiger partial charge in [0.05, 0.1) is 11.6 Å². The second-order valence-corrected chi connectivity index (χ2v) is 7.03. The van der Waals surface area contributed by atoms with Gasteiger partial charge in [0.25, 0.3) is 5.56 Å². The number of nitrogens with one attached hydrogen (secondary N) is 3. The highest BCUT2D eigenvalue weighted by Crippen LogP contribution is 2.47. The van der Waals surface area contributed by atoms with Crippen LogP contribution in [0.15, 0.2) is 64.2 Å². The van der Waals surface area contributed by atoms with Crippen molar-refractivity contribution in [2.24, 2.45) is 5.92 Å². The van der Waals surface area contributed by atoms with Crippen LogP contribution in [0.1, 0.15) is 22.6 Å². The van der Waals surface area contributed by atoms with E-state index in [1.807, 2.05) is 0 Å². The number of rotatable bonds is 2. The van der Waals surface area contributed by atoms with E-state index >= 15 is 0 Å². The Morgan fingerprint density at radius 3 is 2.36 bits per heavy atom. The van der Waals surface area contributed by atoms with E-state index in [4.69, 9.17) is 11.6 Å². The molecule has 3 unspecified atom stereocenters. The lowest BCUT2D eigenvalue weighted by Gasteiger charge is -2.43. The number of hydrogen-bond donors (Lipinski definition) is 4. The Morgan fingerprint density at radius 2 is 1.71 bits per heavy atom. The van der Waals surface area contributed by atoms with Crippen LogP contribution in [0.2, 0.25) is 5.02 Å². The fraction of sp³-hybridized carbons (Fsp3) is 0.150. The topological polar surface area (TPSA) is 122 Å². The van der Waals surface area contributed by atoms with Crippen LogP contribution in [-0.4, -0.2) is 15.1 Å². The lowest BCUT2D eigenvalue weighted by atomic mass is 9.71. The highest BCUT2D eigenvalue weighted by molar-refractivity contribution is 6.30. The van der Waals surface area contributed by atoms with Gasteiger partial charge in [0.2, 0.25) is 0 Å². The Morgan fingerprint density at radius 1 is 1.04 bits per heavy atom. The third-order valence-electron chi connectivity index (χ3n) is 4.97. The van der Waals surface area contributed by atoms with Crippen LogP contribution in [0.4, 0.5) is 5.82 Å². The number of nitriles is 1. The molecule has 3 atom stereocenters. The Balaban J connectivity index is 2.02. The Labute approximate surface area is 164 Å². The molecule has 2 heterocycles. The number of aromatic amines is 2. The van der Waals surface area contributed by atoms with Crippen LogP contribution in [0, 0.1) is 17.2 Å². The SMILES string of the molecule is N#CC1C(c2ccc(Cl)cc2)c2c([nH]c(=O)[nH]c2=O)NC1(O)c1ccccc1. The van der Waals surface area contributed by atoms with Crippen molar-refractivity contribution in [1.29, 1.82) is 5.26 Å². The van der Waals surface area contributed by atoms with Crippen molar-refractivity contribution in [2.75, 3.05) is 5.32 Å². The molecule has 0 spiro atoms. The number of hydrogen-bond acceptors (Lipinski definition) is 5. The first kappa shape index (κ1) is 18.0. The van der Waals surface area contributed by atoms with Crippen molar-refractivity contribution in [3.05, 3.63) is 97.1 Å². The molecule has 0 bridgehead atoms. The van der Waals surface area contributed by atoms with Crippen LogP contribution in [-0.2, 0) is 5.72 Å². The summed E-state index contributed by atoms with van der Waals surface area (Å²) in [6.45, 7) is 0. The average Bonchev–Trinajstić information content (AvgIpc) is 2.68. The van der Waals surface area contributed by atoms with Gasteiger partial charge in [-0.3, -0.25) is 14.8 Å². The van der Waals surface area contributed by atoms with Crippen molar-refractivity contribution in [2.45, 2.75) is 11.6 Å². The van der Waals surface area contributed by atoms with E-state index in [1.165, 1.54) is 0 Å². The molecule has 0 amide bonds. The number of nitrogens with zero attached hydrogens (tertiary/aromatic N) is 1. The Hall–Kier alpha value is -3.34. The first-order valence-corrected chi connectivity index (χ1v) is 8.89. The number of fused-ring (bicyclic) bond motifs is 1. The summed E-state index contributed by atoms with van der Waals surface area (Å²) >= 11 is 5.98. The lowest BCUT2D eigenvalue weighted by Crippen LogP contribution is -2.51. The van der Waals surface area contributed by atoms with Gasteiger partial charge in [0.15, 0.2) is 5.72 Å². The van der Waals surface area contributed by atoms with E-state index in [-0.39, 0.29) is 11.4 Å². The maximum atomic E-state index is 12.6. The molecular weight excluding hydrogens is 380 g/mol.